The minimum absolute atomic E-state index is 0.135. The van der Waals surface area contributed by atoms with Crippen LogP contribution in [-0.4, -0.2) is 31.0 Å². The smallest absolute Gasteiger partial charge is 0.161 e. The van der Waals surface area contributed by atoms with E-state index in [2.05, 4.69) is 6.92 Å². The third-order valence-electron chi connectivity index (χ3n) is 3.37. The highest BCUT2D eigenvalue weighted by molar-refractivity contribution is 5.43. The highest BCUT2D eigenvalue weighted by Gasteiger charge is 2.14. The van der Waals surface area contributed by atoms with Crippen LogP contribution in [0.25, 0.3) is 0 Å². The fraction of sp³-hybridized carbons (Fsp3) is 0.625. The number of methoxy groups -OCH3 is 1. The van der Waals surface area contributed by atoms with Gasteiger partial charge in [0, 0.05) is 6.04 Å². The molecule has 1 aromatic rings. The van der Waals surface area contributed by atoms with E-state index in [4.69, 9.17) is 15.2 Å². The summed E-state index contributed by atoms with van der Waals surface area (Å²) >= 11 is 0. The fourth-order valence-corrected chi connectivity index (χ4v) is 2.20. The van der Waals surface area contributed by atoms with Gasteiger partial charge in [-0.25, -0.2) is 0 Å². The molecule has 0 aromatic heterocycles. The van der Waals surface area contributed by atoms with Crippen molar-refractivity contribution in [3.63, 3.8) is 0 Å². The molecule has 3 N–H and O–H groups in total. The first-order valence-electron chi connectivity index (χ1n) is 7.35. The van der Waals surface area contributed by atoms with Crippen LogP contribution in [0.2, 0.25) is 0 Å². The lowest BCUT2D eigenvalue weighted by molar-refractivity contribution is 0.131. The normalized spacial score (nSPS) is 13.8. The molecule has 4 nitrogen and oxygen atoms in total. The quantitative estimate of drug-likeness (QED) is 0.730. The lowest BCUT2D eigenvalue weighted by atomic mass is 9.99. The maximum Gasteiger partial charge on any atom is 0.161 e. The van der Waals surface area contributed by atoms with Gasteiger partial charge >= 0.3 is 0 Å². The van der Waals surface area contributed by atoms with Gasteiger partial charge in [0.05, 0.1) is 19.8 Å². The van der Waals surface area contributed by atoms with Crippen molar-refractivity contribution >= 4 is 0 Å². The number of hydrogen-bond acceptors (Lipinski definition) is 4. The summed E-state index contributed by atoms with van der Waals surface area (Å²) in [5.74, 6) is 1.48. The van der Waals surface area contributed by atoms with Gasteiger partial charge in [-0.2, -0.15) is 0 Å². The average molecular weight is 281 g/mol. The zero-order chi connectivity index (χ0) is 15.0. The topological polar surface area (TPSA) is 64.7 Å². The van der Waals surface area contributed by atoms with Gasteiger partial charge in [-0.15, -0.1) is 0 Å². The van der Waals surface area contributed by atoms with Crippen LogP contribution in [0.15, 0.2) is 18.2 Å². The number of hydrogen-bond donors (Lipinski definition) is 2. The Labute approximate surface area is 121 Å². The van der Waals surface area contributed by atoms with E-state index in [0.717, 1.165) is 36.3 Å². The van der Waals surface area contributed by atoms with Gasteiger partial charge in [0.15, 0.2) is 11.5 Å². The first-order valence-corrected chi connectivity index (χ1v) is 7.35. The molecule has 0 radical (unpaired) electrons. The Kier molecular flexibility index (Phi) is 7.41. The molecule has 0 aliphatic rings. The molecule has 0 spiro atoms. The van der Waals surface area contributed by atoms with Crippen LogP contribution in [0.1, 0.15) is 38.7 Å². The number of ether oxygens (including phenoxy) is 2. The van der Waals surface area contributed by atoms with Crippen LogP contribution in [0.3, 0.4) is 0 Å². The molecule has 20 heavy (non-hydrogen) atoms. The van der Waals surface area contributed by atoms with Crippen LogP contribution in [0.4, 0.5) is 0 Å². The predicted octanol–water partition coefficient (Wildman–Crippen LogP) is 2.51. The van der Waals surface area contributed by atoms with Crippen LogP contribution < -0.4 is 15.2 Å². The monoisotopic (exact) mass is 281 g/mol. The van der Waals surface area contributed by atoms with E-state index in [1.807, 2.05) is 25.1 Å². The summed E-state index contributed by atoms with van der Waals surface area (Å²) in [5.41, 5.74) is 7.04. The number of rotatable bonds is 9. The highest BCUT2D eigenvalue weighted by Crippen LogP contribution is 2.28. The van der Waals surface area contributed by atoms with Crippen molar-refractivity contribution in [2.75, 3.05) is 13.7 Å². The van der Waals surface area contributed by atoms with Gasteiger partial charge in [0.1, 0.15) is 0 Å². The Morgan fingerprint density at radius 2 is 1.95 bits per heavy atom. The van der Waals surface area contributed by atoms with Gasteiger partial charge in [-0.05, 0) is 43.9 Å². The van der Waals surface area contributed by atoms with Gasteiger partial charge < -0.3 is 20.3 Å². The summed E-state index contributed by atoms with van der Waals surface area (Å²) in [6, 6.07) is 5.74. The molecule has 0 heterocycles. The maximum atomic E-state index is 9.99. The molecule has 1 aromatic carbocycles. The van der Waals surface area contributed by atoms with Crippen LogP contribution in [0, 0.1) is 0 Å². The van der Waals surface area contributed by atoms with Crippen molar-refractivity contribution in [3.8, 4) is 11.5 Å². The summed E-state index contributed by atoms with van der Waals surface area (Å²) in [4.78, 5) is 0. The Morgan fingerprint density at radius 3 is 2.55 bits per heavy atom. The molecule has 0 fully saturated rings. The minimum atomic E-state index is -0.451. The Morgan fingerprint density at radius 1 is 1.20 bits per heavy atom. The molecule has 114 valence electrons. The summed E-state index contributed by atoms with van der Waals surface area (Å²) in [5, 5.41) is 9.99. The Bertz CT molecular complexity index is 395. The van der Waals surface area contributed by atoms with E-state index in [1.54, 1.807) is 7.11 Å². The second-order valence-corrected chi connectivity index (χ2v) is 4.98. The fourth-order valence-electron chi connectivity index (χ4n) is 2.20. The number of aliphatic hydroxyl groups is 1. The molecular weight excluding hydrogens is 254 g/mol. The SMILES string of the molecule is CCCC(N)C(O)CCc1ccc(OCC)c(OC)c1. The summed E-state index contributed by atoms with van der Waals surface area (Å²) in [7, 11) is 1.63. The first kappa shape index (κ1) is 16.8. The molecule has 0 aliphatic heterocycles. The third kappa shape index (κ3) is 5.02. The van der Waals surface area contributed by atoms with Gasteiger partial charge in [-0.3, -0.25) is 0 Å². The number of aliphatic hydroxyl groups excluding tert-OH is 1. The van der Waals surface area contributed by atoms with Crippen molar-refractivity contribution in [2.24, 2.45) is 5.73 Å². The van der Waals surface area contributed by atoms with E-state index in [0.29, 0.717) is 13.0 Å². The average Bonchev–Trinajstić information content (AvgIpc) is 2.46. The lowest BCUT2D eigenvalue weighted by Gasteiger charge is -2.18. The van der Waals surface area contributed by atoms with Crippen LogP contribution >= 0.6 is 0 Å². The largest absolute Gasteiger partial charge is 0.493 e. The summed E-state index contributed by atoms with van der Waals surface area (Å²) in [6.45, 7) is 4.63. The Hall–Kier alpha value is -1.26. The van der Waals surface area contributed by atoms with E-state index < -0.39 is 6.10 Å². The molecule has 1 rings (SSSR count). The highest BCUT2D eigenvalue weighted by atomic mass is 16.5. The number of nitrogens with two attached hydrogens (primary N) is 1. The Balaban J connectivity index is 2.60. The van der Waals surface area contributed by atoms with Crippen LogP contribution in [-0.2, 0) is 6.42 Å². The standard InChI is InChI=1S/C16H27NO3/c1-4-6-13(17)14(18)9-7-12-8-10-15(20-5-2)16(11-12)19-3/h8,10-11,13-14,18H,4-7,9,17H2,1-3H3. The molecule has 4 heteroatoms. The minimum Gasteiger partial charge on any atom is -0.493 e. The van der Waals surface area contributed by atoms with Crippen molar-refractivity contribution in [1.82, 2.24) is 0 Å². The zero-order valence-corrected chi connectivity index (χ0v) is 12.8. The van der Waals surface area contributed by atoms with E-state index in [-0.39, 0.29) is 6.04 Å². The van der Waals surface area contributed by atoms with E-state index >= 15 is 0 Å². The van der Waals surface area contributed by atoms with Crippen molar-refractivity contribution < 1.29 is 14.6 Å². The van der Waals surface area contributed by atoms with Crippen molar-refractivity contribution in [2.45, 2.75) is 51.7 Å². The van der Waals surface area contributed by atoms with E-state index in [1.165, 1.54) is 0 Å². The predicted molar refractivity (Wildman–Crippen MR) is 81.4 cm³/mol. The number of aryl methyl sites for hydroxylation is 1. The number of benzene rings is 1. The van der Waals surface area contributed by atoms with Gasteiger partial charge in [-0.1, -0.05) is 19.4 Å². The molecule has 0 aliphatic carbocycles. The van der Waals surface area contributed by atoms with E-state index in [9.17, 15) is 5.11 Å². The third-order valence-corrected chi connectivity index (χ3v) is 3.37. The maximum absolute atomic E-state index is 9.99. The molecule has 0 amide bonds. The molecule has 0 bridgehead atoms. The second kappa shape index (κ2) is 8.82. The molecular formula is C16H27NO3. The first-order chi connectivity index (χ1) is 9.62. The second-order valence-electron chi connectivity index (χ2n) is 4.98. The lowest BCUT2D eigenvalue weighted by Crippen LogP contribution is -2.34. The molecule has 0 saturated carbocycles. The van der Waals surface area contributed by atoms with Crippen LogP contribution in [0.5, 0.6) is 11.5 Å². The van der Waals surface area contributed by atoms with Crippen molar-refractivity contribution in [3.05, 3.63) is 23.8 Å². The van der Waals surface area contributed by atoms with Gasteiger partial charge in [0.2, 0.25) is 0 Å². The summed E-state index contributed by atoms with van der Waals surface area (Å²) < 4.78 is 10.8. The molecule has 2 unspecified atom stereocenters. The molecule has 2 atom stereocenters. The molecule has 0 saturated heterocycles. The van der Waals surface area contributed by atoms with Gasteiger partial charge in [0.25, 0.3) is 0 Å². The van der Waals surface area contributed by atoms with Crippen molar-refractivity contribution in [1.29, 1.82) is 0 Å². The zero-order valence-electron chi connectivity index (χ0n) is 12.8. The summed E-state index contributed by atoms with van der Waals surface area (Å²) in [6.07, 6.45) is 2.84.